The average molecular weight is 261 g/mol. The molecule has 3 heterocycles. The van der Waals surface area contributed by atoms with Crippen molar-refractivity contribution in [2.45, 2.75) is 6.92 Å². The molecule has 0 radical (unpaired) electrons. The third-order valence-corrected chi connectivity index (χ3v) is 4.38. The fourth-order valence-electron chi connectivity index (χ4n) is 3.03. The van der Waals surface area contributed by atoms with E-state index in [0.29, 0.717) is 0 Å². The lowest BCUT2D eigenvalue weighted by molar-refractivity contribution is 0.207. The zero-order valence-electron chi connectivity index (χ0n) is 11.6. The highest BCUT2D eigenvalue weighted by Crippen LogP contribution is 2.18. The Morgan fingerprint density at radius 3 is 2.53 bits per heavy atom. The van der Waals surface area contributed by atoms with E-state index in [1.165, 1.54) is 19.6 Å². The van der Waals surface area contributed by atoms with Gasteiger partial charge in [0.1, 0.15) is 0 Å². The Morgan fingerprint density at radius 1 is 1.16 bits per heavy atom. The van der Waals surface area contributed by atoms with Gasteiger partial charge in [0, 0.05) is 45.1 Å². The van der Waals surface area contributed by atoms with Gasteiger partial charge < -0.3 is 10.2 Å². The quantitative estimate of drug-likeness (QED) is 0.856. The molecule has 2 fully saturated rings. The molecule has 0 aliphatic carbocycles. The minimum Gasteiger partial charge on any atom is -0.338 e. The van der Waals surface area contributed by atoms with Crippen LogP contribution in [0.15, 0.2) is 18.5 Å². The molecule has 104 valence electrons. The number of piperazine rings is 1. The lowest BCUT2D eigenvalue weighted by atomic mass is 9.97. The van der Waals surface area contributed by atoms with E-state index in [4.69, 9.17) is 0 Å². The van der Waals surface area contributed by atoms with E-state index in [2.05, 4.69) is 32.0 Å². The summed E-state index contributed by atoms with van der Waals surface area (Å²) >= 11 is 0. The highest BCUT2D eigenvalue weighted by atomic mass is 15.3. The van der Waals surface area contributed by atoms with Crippen LogP contribution in [0.4, 0.5) is 5.95 Å². The van der Waals surface area contributed by atoms with Gasteiger partial charge in [-0.25, -0.2) is 9.97 Å². The number of anilines is 1. The Bertz CT molecular complexity index is 388. The van der Waals surface area contributed by atoms with E-state index in [1.807, 2.05) is 18.5 Å². The summed E-state index contributed by atoms with van der Waals surface area (Å²) in [5.41, 5.74) is 0. The van der Waals surface area contributed by atoms with Crippen molar-refractivity contribution in [3.8, 4) is 0 Å². The van der Waals surface area contributed by atoms with Crippen molar-refractivity contribution in [1.82, 2.24) is 20.2 Å². The topological polar surface area (TPSA) is 44.3 Å². The standard InChI is InChI=1S/C14H23N5/c1-12-9-15-10-13(12)11-18-5-7-19(8-6-18)14-16-3-2-4-17-14/h2-4,12-13,15H,5-11H2,1H3/t12-,13+/m1/s1. The maximum absolute atomic E-state index is 4.33. The molecule has 2 aliphatic rings. The van der Waals surface area contributed by atoms with E-state index >= 15 is 0 Å². The monoisotopic (exact) mass is 261 g/mol. The first-order chi connectivity index (χ1) is 9.33. The highest BCUT2D eigenvalue weighted by Gasteiger charge is 2.27. The Labute approximate surface area is 115 Å². The van der Waals surface area contributed by atoms with E-state index in [1.54, 1.807) is 0 Å². The first-order valence-corrected chi connectivity index (χ1v) is 7.28. The van der Waals surface area contributed by atoms with Gasteiger partial charge in [-0.05, 0) is 31.0 Å². The van der Waals surface area contributed by atoms with Crippen molar-refractivity contribution < 1.29 is 0 Å². The van der Waals surface area contributed by atoms with Gasteiger partial charge >= 0.3 is 0 Å². The van der Waals surface area contributed by atoms with E-state index in [-0.39, 0.29) is 0 Å². The van der Waals surface area contributed by atoms with Crippen LogP contribution in [0.25, 0.3) is 0 Å². The Kier molecular flexibility index (Phi) is 3.94. The minimum absolute atomic E-state index is 0.815. The third kappa shape index (κ3) is 3.04. The van der Waals surface area contributed by atoms with Gasteiger partial charge in [-0.2, -0.15) is 0 Å². The molecule has 0 amide bonds. The van der Waals surface area contributed by atoms with Gasteiger partial charge in [-0.1, -0.05) is 6.92 Å². The second-order valence-electron chi connectivity index (χ2n) is 5.73. The zero-order chi connectivity index (χ0) is 13.1. The Hall–Kier alpha value is -1.20. The van der Waals surface area contributed by atoms with Crippen LogP contribution in [0.5, 0.6) is 0 Å². The molecule has 0 unspecified atom stereocenters. The number of rotatable bonds is 3. The van der Waals surface area contributed by atoms with Gasteiger partial charge in [-0.15, -0.1) is 0 Å². The molecule has 3 rings (SSSR count). The number of hydrogen-bond donors (Lipinski definition) is 1. The molecule has 5 nitrogen and oxygen atoms in total. The van der Waals surface area contributed by atoms with Crippen molar-refractivity contribution in [3.63, 3.8) is 0 Å². The molecule has 0 aromatic carbocycles. The van der Waals surface area contributed by atoms with Crippen molar-refractivity contribution in [2.75, 3.05) is 50.7 Å². The Morgan fingerprint density at radius 2 is 1.89 bits per heavy atom. The van der Waals surface area contributed by atoms with Crippen LogP contribution in [0.3, 0.4) is 0 Å². The Balaban J connectivity index is 1.49. The largest absolute Gasteiger partial charge is 0.338 e. The molecule has 0 saturated carbocycles. The molecule has 2 atom stereocenters. The molecular formula is C14H23N5. The number of nitrogens with one attached hydrogen (secondary N) is 1. The van der Waals surface area contributed by atoms with Gasteiger partial charge in [0.2, 0.25) is 5.95 Å². The molecule has 2 saturated heterocycles. The van der Waals surface area contributed by atoms with Gasteiger partial charge in [0.25, 0.3) is 0 Å². The van der Waals surface area contributed by atoms with Crippen molar-refractivity contribution in [3.05, 3.63) is 18.5 Å². The van der Waals surface area contributed by atoms with Crippen molar-refractivity contribution >= 4 is 5.95 Å². The lowest BCUT2D eigenvalue weighted by Gasteiger charge is -2.36. The summed E-state index contributed by atoms with van der Waals surface area (Å²) in [6, 6.07) is 1.87. The van der Waals surface area contributed by atoms with Crippen LogP contribution >= 0.6 is 0 Å². The van der Waals surface area contributed by atoms with Crippen LogP contribution in [-0.2, 0) is 0 Å². The first kappa shape index (κ1) is 12.8. The fraction of sp³-hybridized carbons (Fsp3) is 0.714. The lowest BCUT2D eigenvalue weighted by Crippen LogP contribution is -2.48. The summed E-state index contributed by atoms with van der Waals surface area (Å²) in [4.78, 5) is 13.5. The van der Waals surface area contributed by atoms with Crippen LogP contribution in [0, 0.1) is 11.8 Å². The smallest absolute Gasteiger partial charge is 0.225 e. The molecular weight excluding hydrogens is 238 g/mol. The van der Waals surface area contributed by atoms with Crippen LogP contribution in [-0.4, -0.2) is 60.7 Å². The van der Waals surface area contributed by atoms with E-state index in [0.717, 1.165) is 44.0 Å². The molecule has 5 heteroatoms. The van der Waals surface area contributed by atoms with Crippen molar-refractivity contribution in [2.24, 2.45) is 11.8 Å². The van der Waals surface area contributed by atoms with E-state index in [9.17, 15) is 0 Å². The third-order valence-electron chi connectivity index (χ3n) is 4.38. The maximum atomic E-state index is 4.33. The molecule has 2 aliphatic heterocycles. The molecule has 1 aromatic rings. The summed E-state index contributed by atoms with van der Waals surface area (Å²) in [5, 5.41) is 3.49. The predicted molar refractivity (Wildman–Crippen MR) is 76.2 cm³/mol. The van der Waals surface area contributed by atoms with Crippen molar-refractivity contribution in [1.29, 1.82) is 0 Å². The number of hydrogen-bond acceptors (Lipinski definition) is 5. The summed E-state index contributed by atoms with van der Waals surface area (Å²) in [7, 11) is 0. The first-order valence-electron chi connectivity index (χ1n) is 7.28. The van der Waals surface area contributed by atoms with Gasteiger partial charge in [0.05, 0.1) is 0 Å². The summed E-state index contributed by atoms with van der Waals surface area (Å²) in [6.07, 6.45) is 3.64. The molecule has 0 bridgehead atoms. The molecule has 0 spiro atoms. The normalized spacial score (nSPS) is 28.8. The maximum Gasteiger partial charge on any atom is 0.225 e. The molecule has 19 heavy (non-hydrogen) atoms. The average Bonchev–Trinajstić information content (AvgIpc) is 2.86. The zero-order valence-corrected chi connectivity index (χ0v) is 11.6. The highest BCUT2D eigenvalue weighted by molar-refractivity contribution is 5.29. The second-order valence-corrected chi connectivity index (χ2v) is 5.73. The molecule has 1 N–H and O–H groups in total. The minimum atomic E-state index is 0.815. The predicted octanol–water partition coefficient (Wildman–Crippen LogP) is 0.454. The second kappa shape index (κ2) is 5.84. The fourth-order valence-corrected chi connectivity index (χ4v) is 3.03. The van der Waals surface area contributed by atoms with Gasteiger partial charge in [0.15, 0.2) is 0 Å². The SMILES string of the molecule is C[C@@H]1CNC[C@H]1CN1CCN(c2ncccn2)CC1. The summed E-state index contributed by atoms with van der Waals surface area (Å²) in [5.74, 6) is 2.51. The summed E-state index contributed by atoms with van der Waals surface area (Å²) in [6.45, 7) is 10.3. The number of aromatic nitrogens is 2. The van der Waals surface area contributed by atoms with Gasteiger partial charge in [-0.3, -0.25) is 4.90 Å². The van der Waals surface area contributed by atoms with Crippen LogP contribution in [0.2, 0.25) is 0 Å². The summed E-state index contributed by atoms with van der Waals surface area (Å²) < 4.78 is 0. The van der Waals surface area contributed by atoms with E-state index < -0.39 is 0 Å². The van der Waals surface area contributed by atoms with Crippen LogP contribution in [0.1, 0.15) is 6.92 Å². The number of nitrogens with zero attached hydrogens (tertiary/aromatic N) is 4. The van der Waals surface area contributed by atoms with Crippen LogP contribution < -0.4 is 10.2 Å². The molecule has 1 aromatic heterocycles.